The Kier molecular flexibility index (Phi) is 5.49. The number of hydrogen-bond donors (Lipinski definition) is 1. The number of methoxy groups -OCH3 is 2. The molecule has 6 nitrogen and oxygen atoms in total. The van der Waals surface area contributed by atoms with Gasteiger partial charge in [-0.1, -0.05) is 24.1 Å². The number of ether oxygens (including phenoxy) is 2. The van der Waals surface area contributed by atoms with Crippen LogP contribution in [0.1, 0.15) is 43.0 Å². The molecule has 126 valence electrons. The highest BCUT2D eigenvalue weighted by Gasteiger charge is 2.36. The fourth-order valence-electron chi connectivity index (χ4n) is 3.01. The van der Waals surface area contributed by atoms with Crippen molar-refractivity contribution in [2.24, 2.45) is 5.73 Å². The van der Waals surface area contributed by atoms with Crippen molar-refractivity contribution in [3.05, 3.63) is 35.5 Å². The molecule has 1 fully saturated rings. The van der Waals surface area contributed by atoms with Gasteiger partial charge in [0.25, 0.3) is 0 Å². The van der Waals surface area contributed by atoms with Crippen LogP contribution in [-0.4, -0.2) is 24.4 Å². The molecule has 1 heterocycles. The molecule has 0 saturated heterocycles. The van der Waals surface area contributed by atoms with Gasteiger partial charge in [0.1, 0.15) is 11.5 Å². The Morgan fingerprint density at radius 3 is 2.35 bits per heavy atom. The quantitative estimate of drug-likeness (QED) is 0.901. The molecule has 7 heteroatoms. The minimum absolute atomic E-state index is 0. The molecule has 0 aliphatic heterocycles. The third-order valence-electron chi connectivity index (χ3n) is 4.27. The van der Waals surface area contributed by atoms with Crippen LogP contribution >= 0.6 is 12.4 Å². The van der Waals surface area contributed by atoms with E-state index < -0.39 is 5.54 Å². The number of halogens is 1. The van der Waals surface area contributed by atoms with Gasteiger partial charge in [0.05, 0.1) is 26.2 Å². The molecule has 0 radical (unpaired) electrons. The Balaban J connectivity index is 0.00000192. The second kappa shape index (κ2) is 7.19. The SMILES string of the molecule is COc1cccc(OC)c1Cc1nc(C2(N)CCCC2)no1.Cl. The Morgan fingerprint density at radius 2 is 1.78 bits per heavy atom. The van der Waals surface area contributed by atoms with Crippen LogP contribution < -0.4 is 15.2 Å². The van der Waals surface area contributed by atoms with Crippen molar-refractivity contribution < 1.29 is 14.0 Å². The van der Waals surface area contributed by atoms with Gasteiger partial charge in [-0.15, -0.1) is 12.4 Å². The van der Waals surface area contributed by atoms with E-state index in [1.165, 1.54) is 0 Å². The summed E-state index contributed by atoms with van der Waals surface area (Å²) in [4.78, 5) is 4.50. The molecule has 2 aromatic rings. The second-order valence-electron chi connectivity index (χ2n) is 5.69. The van der Waals surface area contributed by atoms with Crippen molar-refractivity contribution in [3.8, 4) is 11.5 Å². The average molecular weight is 340 g/mol. The van der Waals surface area contributed by atoms with Gasteiger partial charge < -0.3 is 19.7 Å². The highest BCUT2D eigenvalue weighted by molar-refractivity contribution is 5.85. The minimum Gasteiger partial charge on any atom is -0.496 e. The van der Waals surface area contributed by atoms with E-state index in [4.69, 9.17) is 19.7 Å². The summed E-state index contributed by atoms with van der Waals surface area (Å²) in [5, 5.41) is 4.08. The van der Waals surface area contributed by atoms with Gasteiger partial charge in [0.2, 0.25) is 5.89 Å². The normalized spacial score (nSPS) is 16.0. The molecular weight excluding hydrogens is 318 g/mol. The van der Waals surface area contributed by atoms with Crippen molar-refractivity contribution in [3.63, 3.8) is 0 Å². The standard InChI is InChI=1S/C16H21N3O3.ClH/c1-20-12-6-5-7-13(21-2)11(12)10-14-18-15(19-22-14)16(17)8-3-4-9-16;/h5-7H,3-4,8-10,17H2,1-2H3;1H. The molecule has 0 atom stereocenters. The molecular formula is C16H22ClN3O3. The molecule has 2 N–H and O–H groups in total. The van der Waals surface area contributed by atoms with Crippen molar-refractivity contribution >= 4 is 12.4 Å². The van der Waals surface area contributed by atoms with E-state index in [1.54, 1.807) is 14.2 Å². The molecule has 1 aliphatic rings. The topological polar surface area (TPSA) is 83.4 Å². The van der Waals surface area contributed by atoms with Crippen molar-refractivity contribution in [2.45, 2.75) is 37.6 Å². The summed E-state index contributed by atoms with van der Waals surface area (Å²) in [6.07, 6.45) is 4.49. The summed E-state index contributed by atoms with van der Waals surface area (Å²) in [5.74, 6) is 2.60. The zero-order chi connectivity index (χ0) is 15.6. The van der Waals surface area contributed by atoms with Crippen LogP contribution in [-0.2, 0) is 12.0 Å². The zero-order valence-corrected chi connectivity index (χ0v) is 14.2. The summed E-state index contributed by atoms with van der Waals surface area (Å²) in [7, 11) is 3.26. The summed E-state index contributed by atoms with van der Waals surface area (Å²) in [6.45, 7) is 0. The molecule has 3 rings (SSSR count). The lowest BCUT2D eigenvalue weighted by Crippen LogP contribution is -2.34. The largest absolute Gasteiger partial charge is 0.496 e. The van der Waals surface area contributed by atoms with E-state index in [0.717, 1.165) is 42.7 Å². The third kappa shape index (κ3) is 3.43. The van der Waals surface area contributed by atoms with Crippen LogP contribution in [0.5, 0.6) is 11.5 Å². The number of rotatable bonds is 5. The van der Waals surface area contributed by atoms with E-state index >= 15 is 0 Å². The number of hydrogen-bond acceptors (Lipinski definition) is 6. The van der Waals surface area contributed by atoms with Crippen LogP contribution in [0.2, 0.25) is 0 Å². The zero-order valence-electron chi connectivity index (χ0n) is 13.4. The summed E-state index contributed by atoms with van der Waals surface area (Å²) in [5.41, 5.74) is 6.82. The Hall–Kier alpha value is -1.79. The van der Waals surface area contributed by atoms with Crippen LogP contribution in [0.25, 0.3) is 0 Å². The summed E-state index contributed by atoms with van der Waals surface area (Å²) < 4.78 is 16.2. The highest BCUT2D eigenvalue weighted by atomic mass is 35.5. The number of nitrogens with two attached hydrogens (primary N) is 1. The predicted octanol–water partition coefficient (Wildman–Crippen LogP) is 2.83. The van der Waals surface area contributed by atoms with Crippen LogP contribution in [0, 0.1) is 0 Å². The fourth-order valence-corrected chi connectivity index (χ4v) is 3.01. The molecule has 0 bridgehead atoms. The van der Waals surface area contributed by atoms with Gasteiger partial charge in [0.15, 0.2) is 5.82 Å². The molecule has 1 saturated carbocycles. The van der Waals surface area contributed by atoms with Gasteiger partial charge in [-0.05, 0) is 25.0 Å². The maximum atomic E-state index is 6.36. The molecule has 0 amide bonds. The Bertz CT molecular complexity index is 632. The lowest BCUT2D eigenvalue weighted by atomic mass is 9.98. The first-order chi connectivity index (χ1) is 10.7. The molecule has 1 aliphatic carbocycles. The fraction of sp³-hybridized carbons (Fsp3) is 0.500. The highest BCUT2D eigenvalue weighted by Crippen LogP contribution is 2.35. The van der Waals surface area contributed by atoms with E-state index in [1.807, 2.05) is 18.2 Å². The Labute approximate surface area is 141 Å². The van der Waals surface area contributed by atoms with Gasteiger partial charge in [0, 0.05) is 5.56 Å². The van der Waals surface area contributed by atoms with Gasteiger partial charge >= 0.3 is 0 Å². The van der Waals surface area contributed by atoms with Crippen molar-refractivity contribution in [2.75, 3.05) is 14.2 Å². The number of aromatic nitrogens is 2. The van der Waals surface area contributed by atoms with E-state index in [-0.39, 0.29) is 12.4 Å². The molecule has 1 aromatic carbocycles. The van der Waals surface area contributed by atoms with Gasteiger partial charge in [-0.3, -0.25) is 0 Å². The first-order valence-corrected chi connectivity index (χ1v) is 7.48. The summed E-state index contributed by atoms with van der Waals surface area (Å²) in [6, 6.07) is 5.65. The van der Waals surface area contributed by atoms with E-state index in [9.17, 15) is 0 Å². The number of nitrogens with zero attached hydrogens (tertiary/aromatic N) is 2. The third-order valence-corrected chi connectivity index (χ3v) is 4.27. The molecule has 0 unspecified atom stereocenters. The number of benzene rings is 1. The van der Waals surface area contributed by atoms with Crippen LogP contribution in [0.3, 0.4) is 0 Å². The van der Waals surface area contributed by atoms with Crippen molar-refractivity contribution in [1.82, 2.24) is 10.1 Å². The van der Waals surface area contributed by atoms with Gasteiger partial charge in [-0.2, -0.15) is 4.98 Å². The van der Waals surface area contributed by atoms with E-state index in [2.05, 4.69) is 10.1 Å². The lowest BCUT2D eigenvalue weighted by molar-refractivity contribution is 0.347. The first-order valence-electron chi connectivity index (χ1n) is 7.48. The lowest BCUT2D eigenvalue weighted by Gasteiger charge is -2.17. The monoisotopic (exact) mass is 339 g/mol. The molecule has 0 spiro atoms. The van der Waals surface area contributed by atoms with E-state index in [0.29, 0.717) is 18.1 Å². The predicted molar refractivity (Wildman–Crippen MR) is 88.2 cm³/mol. The second-order valence-corrected chi connectivity index (χ2v) is 5.69. The maximum Gasteiger partial charge on any atom is 0.231 e. The van der Waals surface area contributed by atoms with Crippen LogP contribution in [0.4, 0.5) is 0 Å². The summed E-state index contributed by atoms with van der Waals surface area (Å²) >= 11 is 0. The molecule has 23 heavy (non-hydrogen) atoms. The van der Waals surface area contributed by atoms with Gasteiger partial charge in [-0.25, -0.2) is 0 Å². The minimum atomic E-state index is -0.438. The molecule has 1 aromatic heterocycles. The first kappa shape index (κ1) is 17.6. The smallest absolute Gasteiger partial charge is 0.231 e. The maximum absolute atomic E-state index is 6.36. The van der Waals surface area contributed by atoms with Crippen molar-refractivity contribution in [1.29, 1.82) is 0 Å². The van der Waals surface area contributed by atoms with Crippen LogP contribution in [0.15, 0.2) is 22.7 Å². The Morgan fingerprint density at radius 1 is 1.17 bits per heavy atom. The average Bonchev–Trinajstić information content (AvgIpc) is 3.17.